The highest BCUT2D eigenvalue weighted by Crippen LogP contribution is 2.17. The Morgan fingerprint density at radius 2 is 1.21 bits per heavy atom. The average Bonchev–Trinajstić information content (AvgIpc) is 2.77. The first-order chi connectivity index (χ1) is 14.0. The smallest absolute Gasteiger partial charge is 0.258 e. The van der Waals surface area contributed by atoms with Crippen molar-refractivity contribution < 1.29 is 9.59 Å². The van der Waals surface area contributed by atoms with Gasteiger partial charge in [-0.2, -0.15) is 0 Å². The number of para-hydroxylation sites is 1. The molecule has 0 aromatic heterocycles. The molecular weight excluding hydrogens is 360 g/mol. The summed E-state index contributed by atoms with van der Waals surface area (Å²) < 4.78 is 0. The van der Waals surface area contributed by atoms with Crippen LogP contribution in [-0.2, 0) is 6.54 Å². The number of amides is 2. The zero-order chi connectivity index (χ0) is 20.8. The first-order valence-electron chi connectivity index (χ1n) is 9.75. The van der Waals surface area contributed by atoms with Gasteiger partial charge in [-0.15, -0.1) is 0 Å². The SMILES string of the molecule is CC(C)N(Cc1ccccc1)C(=O)c1ccc(C(=O)N(C)c2ccccc2)cc1. The van der Waals surface area contributed by atoms with Gasteiger partial charge in [0.15, 0.2) is 0 Å². The van der Waals surface area contributed by atoms with Crippen LogP contribution < -0.4 is 4.90 Å². The molecule has 0 unspecified atom stereocenters. The molecule has 3 aromatic rings. The van der Waals surface area contributed by atoms with E-state index in [1.807, 2.05) is 79.4 Å². The Morgan fingerprint density at radius 3 is 1.72 bits per heavy atom. The Kier molecular flexibility index (Phi) is 6.45. The van der Waals surface area contributed by atoms with E-state index in [1.54, 1.807) is 36.2 Å². The molecule has 0 fully saturated rings. The Balaban J connectivity index is 1.75. The first-order valence-corrected chi connectivity index (χ1v) is 9.75. The molecule has 0 spiro atoms. The molecule has 148 valence electrons. The Bertz CT molecular complexity index is 951. The molecule has 0 aliphatic carbocycles. The van der Waals surface area contributed by atoms with E-state index in [0.717, 1.165) is 11.3 Å². The average molecular weight is 386 g/mol. The van der Waals surface area contributed by atoms with Crippen LogP contribution in [-0.4, -0.2) is 29.8 Å². The maximum absolute atomic E-state index is 13.1. The van der Waals surface area contributed by atoms with E-state index in [0.29, 0.717) is 17.7 Å². The topological polar surface area (TPSA) is 40.6 Å². The second kappa shape index (κ2) is 9.20. The molecule has 0 bridgehead atoms. The third-order valence-corrected chi connectivity index (χ3v) is 4.91. The van der Waals surface area contributed by atoms with Crippen LogP contribution >= 0.6 is 0 Å². The van der Waals surface area contributed by atoms with Crippen LogP contribution in [0, 0.1) is 0 Å². The molecule has 2 amide bonds. The fourth-order valence-corrected chi connectivity index (χ4v) is 3.15. The third kappa shape index (κ3) is 4.91. The second-order valence-corrected chi connectivity index (χ2v) is 7.29. The van der Waals surface area contributed by atoms with Crippen molar-refractivity contribution in [1.29, 1.82) is 0 Å². The molecule has 0 N–H and O–H groups in total. The highest BCUT2D eigenvalue weighted by atomic mass is 16.2. The molecule has 3 rings (SSSR count). The van der Waals surface area contributed by atoms with Gasteiger partial charge in [0.1, 0.15) is 0 Å². The summed E-state index contributed by atoms with van der Waals surface area (Å²) in [5, 5.41) is 0. The van der Waals surface area contributed by atoms with Crippen molar-refractivity contribution >= 4 is 17.5 Å². The molecule has 3 aromatic carbocycles. The maximum atomic E-state index is 13.1. The molecular formula is C25H26N2O2. The summed E-state index contributed by atoms with van der Waals surface area (Å²) in [6.45, 7) is 4.57. The van der Waals surface area contributed by atoms with Crippen molar-refractivity contribution in [2.75, 3.05) is 11.9 Å². The maximum Gasteiger partial charge on any atom is 0.258 e. The molecule has 0 saturated carbocycles. The summed E-state index contributed by atoms with van der Waals surface area (Å²) in [4.78, 5) is 29.2. The normalized spacial score (nSPS) is 10.6. The van der Waals surface area contributed by atoms with Crippen LogP contribution in [0.5, 0.6) is 0 Å². The van der Waals surface area contributed by atoms with E-state index in [4.69, 9.17) is 0 Å². The van der Waals surface area contributed by atoms with E-state index in [1.165, 1.54) is 0 Å². The molecule has 4 heteroatoms. The zero-order valence-electron chi connectivity index (χ0n) is 17.1. The highest BCUT2D eigenvalue weighted by Gasteiger charge is 2.20. The van der Waals surface area contributed by atoms with Crippen LogP contribution in [0.15, 0.2) is 84.9 Å². The van der Waals surface area contributed by atoms with Crippen molar-refractivity contribution in [2.24, 2.45) is 0 Å². The zero-order valence-corrected chi connectivity index (χ0v) is 17.1. The fraction of sp³-hybridized carbons (Fsp3) is 0.200. The minimum absolute atomic E-state index is 0.0423. The number of anilines is 1. The standard InChI is InChI=1S/C25H26N2O2/c1-19(2)27(18-20-10-6-4-7-11-20)25(29)22-16-14-21(15-17-22)24(28)26(3)23-12-8-5-9-13-23/h4-17,19H,18H2,1-3H3. The van der Waals surface area contributed by atoms with Gasteiger partial charge in [0.25, 0.3) is 11.8 Å². The summed E-state index contributed by atoms with van der Waals surface area (Å²) in [6.07, 6.45) is 0. The van der Waals surface area contributed by atoms with Crippen molar-refractivity contribution in [3.8, 4) is 0 Å². The largest absolute Gasteiger partial charge is 0.332 e. The van der Waals surface area contributed by atoms with Gasteiger partial charge in [0.05, 0.1) is 0 Å². The van der Waals surface area contributed by atoms with Crippen molar-refractivity contribution in [3.63, 3.8) is 0 Å². The van der Waals surface area contributed by atoms with Gasteiger partial charge in [-0.25, -0.2) is 0 Å². The quantitative estimate of drug-likeness (QED) is 0.597. The van der Waals surface area contributed by atoms with Crippen molar-refractivity contribution in [3.05, 3.63) is 102 Å². The second-order valence-electron chi connectivity index (χ2n) is 7.29. The number of hydrogen-bond acceptors (Lipinski definition) is 2. The number of hydrogen-bond donors (Lipinski definition) is 0. The molecule has 0 radical (unpaired) electrons. The molecule has 4 nitrogen and oxygen atoms in total. The summed E-state index contributed by atoms with van der Waals surface area (Å²) in [6, 6.07) is 26.4. The fourth-order valence-electron chi connectivity index (χ4n) is 3.15. The van der Waals surface area contributed by atoms with Gasteiger partial charge in [0, 0.05) is 36.4 Å². The van der Waals surface area contributed by atoms with E-state index in [-0.39, 0.29) is 17.9 Å². The summed E-state index contributed by atoms with van der Waals surface area (Å²) >= 11 is 0. The predicted molar refractivity (Wildman–Crippen MR) is 117 cm³/mol. The van der Waals surface area contributed by atoms with Gasteiger partial charge in [0.2, 0.25) is 0 Å². The first kappa shape index (κ1) is 20.3. The summed E-state index contributed by atoms with van der Waals surface area (Å²) in [7, 11) is 1.75. The molecule has 0 atom stereocenters. The van der Waals surface area contributed by atoms with Crippen molar-refractivity contribution in [2.45, 2.75) is 26.4 Å². The summed E-state index contributed by atoms with van der Waals surface area (Å²) in [5.41, 5.74) is 3.04. The van der Waals surface area contributed by atoms with Crippen LogP contribution in [0.3, 0.4) is 0 Å². The van der Waals surface area contributed by atoms with Crippen LogP contribution in [0.2, 0.25) is 0 Å². The van der Waals surface area contributed by atoms with Crippen LogP contribution in [0.25, 0.3) is 0 Å². The van der Waals surface area contributed by atoms with Crippen LogP contribution in [0.4, 0.5) is 5.69 Å². The van der Waals surface area contributed by atoms with Crippen molar-refractivity contribution in [1.82, 2.24) is 4.90 Å². The van der Waals surface area contributed by atoms with Gasteiger partial charge in [-0.1, -0.05) is 48.5 Å². The Hall–Kier alpha value is -3.40. The summed E-state index contributed by atoms with van der Waals surface area (Å²) in [5.74, 6) is -0.153. The number of benzene rings is 3. The van der Waals surface area contributed by atoms with E-state index >= 15 is 0 Å². The number of rotatable bonds is 6. The lowest BCUT2D eigenvalue weighted by Gasteiger charge is -2.27. The molecule has 0 saturated heterocycles. The number of carbonyl (C=O) groups excluding carboxylic acids is 2. The Morgan fingerprint density at radius 1 is 0.724 bits per heavy atom. The van der Waals surface area contributed by atoms with Gasteiger partial charge in [-0.05, 0) is 55.8 Å². The predicted octanol–water partition coefficient (Wildman–Crippen LogP) is 5.01. The highest BCUT2D eigenvalue weighted by molar-refractivity contribution is 6.06. The lowest BCUT2D eigenvalue weighted by molar-refractivity contribution is 0.0690. The Labute approximate surface area is 172 Å². The molecule has 0 heterocycles. The van der Waals surface area contributed by atoms with Crippen LogP contribution in [0.1, 0.15) is 40.1 Å². The molecule has 29 heavy (non-hydrogen) atoms. The number of carbonyl (C=O) groups is 2. The monoisotopic (exact) mass is 386 g/mol. The minimum Gasteiger partial charge on any atom is -0.332 e. The lowest BCUT2D eigenvalue weighted by Crippen LogP contribution is -2.36. The minimum atomic E-state index is -0.111. The lowest BCUT2D eigenvalue weighted by atomic mass is 10.1. The third-order valence-electron chi connectivity index (χ3n) is 4.91. The van der Waals surface area contributed by atoms with Gasteiger partial charge >= 0.3 is 0 Å². The van der Waals surface area contributed by atoms with Gasteiger partial charge in [-0.3, -0.25) is 9.59 Å². The van der Waals surface area contributed by atoms with E-state index in [2.05, 4.69) is 0 Å². The molecule has 0 aliphatic heterocycles. The van der Waals surface area contributed by atoms with Gasteiger partial charge < -0.3 is 9.80 Å². The van der Waals surface area contributed by atoms with E-state index < -0.39 is 0 Å². The van der Waals surface area contributed by atoms with E-state index in [9.17, 15) is 9.59 Å². The number of nitrogens with zero attached hydrogens (tertiary/aromatic N) is 2. The molecule has 0 aliphatic rings.